The molecule has 0 saturated carbocycles. The van der Waals surface area contributed by atoms with Crippen LogP contribution in [0.3, 0.4) is 0 Å². The van der Waals surface area contributed by atoms with Gasteiger partial charge in [-0.1, -0.05) is 12.1 Å². The molecule has 2 amide bonds. The number of rotatable bonds is 2. The number of anilines is 1. The van der Waals surface area contributed by atoms with Crippen LogP contribution < -0.4 is 10.2 Å². The molecule has 1 aromatic carbocycles. The van der Waals surface area contributed by atoms with Crippen LogP contribution in [0.1, 0.15) is 31.1 Å². The Morgan fingerprint density at radius 2 is 1.79 bits per heavy atom. The highest BCUT2D eigenvalue weighted by Crippen LogP contribution is 2.20. The third-order valence-corrected chi connectivity index (χ3v) is 2.46. The Morgan fingerprint density at radius 1 is 1.21 bits per heavy atom. The third-order valence-electron chi connectivity index (χ3n) is 2.46. The average molecular weight is 264 g/mol. The van der Waals surface area contributed by atoms with Gasteiger partial charge in [0.2, 0.25) is 0 Å². The number of hydrogen-bond acceptors (Lipinski definition) is 3. The van der Waals surface area contributed by atoms with Crippen LogP contribution in [0.5, 0.6) is 0 Å². The molecule has 0 unspecified atom stereocenters. The van der Waals surface area contributed by atoms with E-state index in [1.54, 1.807) is 31.3 Å². The zero-order chi connectivity index (χ0) is 14.6. The molecule has 0 heterocycles. The van der Waals surface area contributed by atoms with Gasteiger partial charge in [-0.15, -0.1) is 0 Å². The van der Waals surface area contributed by atoms with Crippen LogP contribution in [0.2, 0.25) is 0 Å². The number of esters is 1. The molecule has 5 nitrogen and oxygen atoms in total. The number of para-hydroxylation sites is 1. The number of amides is 2. The number of carbonyl (C=O) groups excluding carboxylic acids is 2. The summed E-state index contributed by atoms with van der Waals surface area (Å²) in [7, 11) is 2.93. The topological polar surface area (TPSA) is 58.6 Å². The highest BCUT2D eigenvalue weighted by atomic mass is 16.5. The number of carbonyl (C=O) groups is 2. The molecule has 0 bridgehead atoms. The largest absolute Gasteiger partial charge is 0.465 e. The lowest BCUT2D eigenvalue weighted by Crippen LogP contribution is -2.47. The Kier molecular flexibility index (Phi) is 4.53. The van der Waals surface area contributed by atoms with Gasteiger partial charge in [-0.05, 0) is 32.9 Å². The summed E-state index contributed by atoms with van der Waals surface area (Å²) in [5.41, 5.74) is 0.526. The fourth-order valence-electron chi connectivity index (χ4n) is 1.56. The summed E-state index contributed by atoms with van der Waals surface area (Å²) in [6, 6.07) is 6.55. The quantitative estimate of drug-likeness (QED) is 0.834. The van der Waals surface area contributed by atoms with Crippen molar-refractivity contribution in [1.82, 2.24) is 5.32 Å². The number of hydrogen-bond donors (Lipinski definition) is 1. The third kappa shape index (κ3) is 3.98. The first-order valence-corrected chi connectivity index (χ1v) is 5.99. The lowest BCUT2D eigenvalue weighted by Gasteiger charge is -2.26. The fourth-order valence-corrected chi connectivity index (χ4v) is 1.56. The fraction of sp³-hybridized carbons (Fsp3) is 0.429. The Morgan fingerprint density at radius 3 is 2.32 bits per heavy atom. The average Bonchev–Trinajstić information content (AvgIpc) is 2.35. The Labute approximate surface area is 113 Å². The van der Waals surface area contributed by atoms with Crippen molar-refractivity contribution in [3.63, 3.8) is 0 Å². The van der Waals surface area contributed by atoms with E-state index in [1.165, 1.54) is 12.0 Å². The van der Waals surface area contributed by atoms with Crippen molar-refractivity contribution < 1.29 is 14.3 Å². The van der Waals surface area contributed by atoms with Crippen LogP contribution in [0, 0.1) is 0 Å². The van der Waals surface area contributed by atoms with Gasteiger partial charge in [-0.25, -0.2) is 9.59 Å². The summed E-state index contributed by atoms with van der Waals surface area (Å²) < 4.78 is 4.71. The minimum atomic E-state index is -0.467. The summed E-state index contributed by atoms with van der Waals surface area (Å²) >= 11 is 0. The van der Waals surface area contributed by atoms with Gasteiger partial charge in [-0.3, -0.25) is 4.90 Å². The Bertz CT molecular complexity index is 478. The molecule has 0 spiro atoms. The summed E-state index contributed by atoms with van der Waals surface area (Å²) in [6.07, 6.45) is 0. The van der Waals surface area contributed by atoms with Crippen molar-refractivity contribution in [3.8, 4) is 0 Å². The van der Waals surface area contributed by atoms with Crippen molar-refractivity contribution in [1.29, 1.82) is 0 Å². The molecule has 0 radical (unpaired) electrons. The van der Waals surface area contributed by atoms with Gasteiger partial charge >= 0.3 is 12.0 Å². The first kappa shape index (κ1) is 15.0. The van der Waals surface area contributed by atoms with E-state index in [-0.39, 0.29) is 11.6 Å². The van der Waals surface area contributed by atoms with Gasteiger partial charge in [0.25, 0.3) is 0 Å². The summed E-state index contributed by atoms with van der Waals surface area (Å²) in [4.78, 5) is 25.2. The number of methoxy groups -OCH3 is 1. The molecule has 0 aliphatic heterocycles. The monoisotopic (exact) mass is 264 g/mol. The van der Waals surface area contributed by atoms with Crippen LogP contribution in [0.4, 0.5) is 10.5 Å². The summed E-state index contributed by atoms with van der Waals surface area (Å²) in [6.45, 7) is 5.68. The smallest absolute Gasteiger partial charge is 0.339 e. The highest BCUT2D eigenvalue weighted by molar-refractivity contribution is 6.01. The number of ether oxygens (including phenoxy) is 1. The van der Waals surface area contributed by atoms with Crippen molar-refractivity contribution in [2.24, 2.45) is 0 Å². The van der Waals surface area contributed by atoms with E-state index in [0.29, 0.717) is 11.3 Å². The predicted molar refractivity (Wildman–Crippen MR) is 74.5 cm³/mol. The lowest BCUT2D eigenvalue weighted by atomic mass is 10.1. The number of nitrogens with zero attached hydrogens (tertiary/aromatic N) is 1. The summed E-state index contributed by atoms with van der Waals surface area (Å²) in [5.74, 6) is -0.467. The van der Waals surface area contributed by atoms with Crippen molar-refractivity contribution in [2.75, 3.05) is 19.1 Å². The molecule has 0 aliphatic rings. The van der Waals surface area contributed by atoms with E-state index in [1.807, 2.05) is 20.8 Å². The highest BCUT2D eigenvalue weighted by Gasteiger charge is 2.21. The maximum atomic E-state index is 12.1. The molecule has 1 N–H and O–H groups in total. The van der Waals surface area contributed by atoms with E-state index in [4.69, 9.17) is 4.74 Å². The molecule has 19 heavy (non-hydrogen) atoms. The molecule has 1 rings (SSSR count). The first-order valence-electron chi connectivity index (χ1n) is 5.99. The van der Waals surface area contributed by atoms with Gasteiger partial charge < -0.3 is 10.1 Å². The first-order chi connectivity index (χ1) is 8.76. The predicted octanol–water partition coefficient (Wildman–Crippen LogP) is 2.42. The Hall–Kier alpha value is -2.04. The second-order valence-corrected chi connectivity index (χ2v) is 5.25. The van der Waals surface area contributed by atoms with Crippen LogP contribution in [0.15, 0.2) is 24.3 Å². The minimum absolute atomic E-state index is 0.274. The molecule has 0 saturated heterocycles. The van der Waals surface area contributed by atoms with Crippen molar-refractivity contribution in [2.45, 2.75) is 26.3 Å². The number of nitrogens with one attached hydrogen (secondary N) is 1. The minimum Gasteiger partial charge on any atom is -0.465 e. The van der Waals surface area contributed by atoms with Gasteiger partial charge in [-0.2, -0.15) is 0 Å². The molecule has 1 aromatic rings. The Balaban J connectivity index is 3.03. The van der Waals surface area contributed by atoms with E-state index in [9.17, 15) is 9.59 Å². The molecular weight excluding hydrogens is 244 g/mol. The summed E-state index contributed by atoms with van der Waals surface area (Å²) in [5, 5.41) is 2.84. The van der Waals surface area contributed by atoms with Crippen LogP contribution in [0.25, 0.3) is 0 Å². The van der Waals surface area contributed by atoms with Gasteiger partial charge in [0.1, 0.15) is 0 Å². The zero-order valence-electron chi connectivity index (χ0n) is 12.0. The van der Waals surface area contributed by atoms with E-state index >= 15 is 0 Å². The maximum absolute atomic E-state index is 12.1. The molecule has 0 aliphatic carbocycles. The van der Waals surface area contributed by atoms with E-state index in [0.717, 1.165) is 0 Å². The van der Waals surface area contributed by atoms with Gasteiger partial charge in [0.05, 0.1) is 18.4 Å². The van der Waals surface area contributed by atoms with Gasteiger partial charge in [0, 0.05) is 12.6 Å². The molecule has 0 aromatic heterocycles. The zero-order valence-corrected chi connectivity index (χ0v) is 12.0. The number of urea groups is 1. The normalized spacial score (nSPS) is 10.8. The maximum Gasteiger partial charge on any atom is 0.339 e. The SMILES string of the molecule is COC(=O)c1ccccc1N(C)C(=O)NC(C)(C)C. The molecule has 5 heteroatoms. The number of benzene rings is 1. The van der Waals surface area contributed by atoms with Gasteiger partial charge in [0.15, 0.2) is 0 Å². The van der Waals surface area contributed by atoms with E-state index < -0.39 is 5.97 Å². The second-order valence-electron chi connectivity index (χ2n) is 5.25. The van der Waals surface area contributed by atoms with Crippen molar-refractivity contribution >= 4 is 17.7 Å². The van der Waals surface area contributed by atoms with Crippen LogP contribution in [-0.4, -0.2) is 31.7 Å². The van der Waals surface area contributed by atoms with Crippen LogP contribution >= 0.6 is 0 Å². The molecule has 104 valence electrons. The van der Waals surface area contributed by atoms with Crippen molar-refractivity contribution in [3.05, 3.63) is 29.8 Å². The van der Waals surface area contributed by atoms with E-state index in [2.05, 4.69) is 5.32 Å². The second kappa shape index (κ2) is 5.73. The standard InChI is InChI=1S/C14H20N2O3/c1-14(2,3)15-13(18)16(4)11-9-7-6-8-10(11)12(17)19-5/h6-9H,1-5H3,(H,15,18). The molecule has 0 fully saturated rings. The lowest BCUT2D eigenvalue weighted by molar-refractivity contribution is 0.0601. The molecule has 0 atom stereocenters. The van der Waals surface area contributed by atoms with Crippen LogP contribution in [-0.2, 0) is 4.74 Å². The molecular formula is C14H20N2O3.